The van der Waals surface area contributed by atoms with Gasteiger partial charge in [-0.1, -0.05) is 25.4 Å². The second-order valence-electron chi connectivity index (χ2n) is 10.9. The monoisotopic (exact) mass is 600 g/mol. The molecule has 1 aliphatic heterocycles. The van der Waals surface area contributed by atoms with Crippen LogP contribution < -0.4 is 9.47 Å². The Morgan fingerprint density at radius 3 is 2.12 bits per heavy atom. The van der Waals surface area contributed by atoms with Gasteiger partial charge in [0.1, 0.15) is 23.1 Å². The van der Waals surface area contributed by atoms with Crippen molar-refractivity contribution < 1.29 is 14.3 Å². The van der Waals surface area contributed by atoms with Crippen molar-refractivity contribution in [1.82, 2.24) is 19.4 Å². The van der Waals surface area contributed by atoms with E-state index in [1.54, 1.807) is 6.92 Å². The molecule has 226 valence electrons. The topological polar surface area (TPSA) is 59.8 Å². The van der Waals surface area contributed by atoms with E-state index in [0.29, 0.717) is 11.6 Å². The minimum absolute atomic E-state index is 0.135. The summed E-state index contributed by atoms with van der Waals surface area (Å²) in [6.07, 6.45) is 4.89. The lowest BCUT2D eigenvalue weighted by Gasteiger charge is -2.31. The van der Waals surface area contributed by atoms with Gasteiger partial charge in [0.2, 0.25) is 5.91 Å². The zero-order valence-corrected chi connectivity index (χ0v) is 26.1. The third-order valence-corrected chi connectivity index (χ3v) is 8.39. The lowest BCUT2D eigenvalue weighted by Crippen LogP contribution is -2.36. The first-order valence-corrected chi connectivity index (χ1v) is 15.7. The highest BCUT2D eigenvalue weighted by atomic mass is 35.5. The molecule has 0 bridgehead atoms. The number of carbonyl (C=O) groups excluding carboxylic acids is 1. The molecule has 0 N–H and O–H groups in total. The first kappa shape index (κ1) is 30.6. The Bertz CT molecular complexity index is 1460. The second-order valence-corrected chi connectivity index (χ2v) is 11.4. The molecule has 2 heterocycles. The van der Waals surface area contributed by atoms with E-state index in [9.17, 15) is 4.79 Å². The van der Waals surface area contributed by atoms with E-state index in [0.717, 1.165) is 92.0 Å². The second kappa shape index (κ2) is 14.6. The van der Waals surface area contributed by atoms with Crippen LogP contribution in [0.25, 0.3) is 16.9 Å². The number of likely N-dealkylation sites (tertiary alicyclic amines) is 1. The van der Waals surface area contributed by atoms with Crippen LogP contribution in [-0.2, 0) is 4.79 Å². The Balaban J connectivity index is 1.34. The number of rotatable bonds is 12. The number of nitrogens with zero attached hydrogens (tertiary/aromatic N) is 4. The fraction of sp³-hybridized carbons (Fsp3) is 0.371. The molecule has 8 heteroatoms. The van der Waals surface area contributed by atoms with E-state index in [2.05, 4.69) is 41.6 Å². The molecule has 1 saturated heterocycles. The highest BCUT2D eigenvalue weighted by Crippen LogP contribution is 2.33. The van der Waals surface area contributed by atoms with Crippen LogP contribution in [0.3, 0.4) is 0 Å². The maximum Gasteiger partial charge on any atom is 0.219 e. The van der Waals surface area contributed by atoms with E-state index >= 15 is 0 Å². The molecular weight excluding hydrogens is 560 g/mol. The number of amides is 1. The van der Waals surface area contributed by atoms with Gasteiger partial charge in [-0.15, -0.1) is 0 Å². The SMILES string of the molecule is CCN(CC)CCCOc1ccc(-n2cc(-c3ccc(Oc4ccc(Cl)cc4)cc3)nc2C2CCN(C(C)=O)CC2)cc1. The molecule has 0 unspecified atom stereocenters. The van der Waals surface area contributed by atoms with Crippen LogP contribution in [0.15, 0.2) is 79.0 Å². The number of aromatic nitrogens is 2. The van der Waals surface area contributed by atoms with E-state index < -0.39 is 0 Å². The molecule has 0 aliphatic carbocycles. The van der Waals surface area contributed by atoms with Crippen LogP contribution in [0.1, 0.15) is 51.8 Å². The largest absolute Gasteiger partial charge is 0.494 e. The molecule has 0 atom stereocenters. The van der Waals surface area contributed by atoms with Crippen LogP contribution in [0.4, 0.5) is 0 Å². The minimum Gasteiger partial charge on any atom is -0.494 e. The van der Waals surface area contributed by atoms with Crippen molar-refractivity contribution in [3.8, 4) is 34.2 Å². The maximum atomic E-state index is 11.9. The Kier molecular flexibility index (Phi) is 10.4. The Labute approximate surface area is 260 Å². The highest BCUT2D eigenvalue weighted by Gasteiger charge is 2.26. The molecule has 0 saturated carbocycles. The lowest BCUT2D eigenvalue weighted by atomic mass is 9.95. The molecular formula is C35H41ClN4O3. The molecule has 0 radical (unpaired) electrons. The summed E-state index contributed by atoms with van der Waals surface area (Å²) in [6, 6.07) is 23.6. The number of hydrogen-bond acceptors (Lipinski definition) is 5. The smallest absolute Gasteiger partial charge is 0.219 e. The van der Waals surface area contributed by atoms with Gasteiger partial charge in [0.05, 0.1) is 12.3 Å². The van der Waals surface area contributed by atoms with Crippen molar-refractivity contribution in [3.05, 3.63) is 89.8 Å². The number of ether oxygens (including phenoxy) is 2. The van der Waals surface area contributed by atoms with Crippen molar-refractivity contribution in [1.29, 1.82) is 0 Å². The van der Waals surface area contributed by atoms with Crippen LogP contribution in [0, 0.1) is 0 Å². The van der Waals surface area contributed by atoms with Crippen LogP contribution in [0.5, 0.6) is 17.2 Å². The first-order chi connectivity index (χ1) is 20.9. The number of halogens is 1. The van der Waals surface area contributed by atoms with Gasteiger partial charge in [0, 0.05) is 54.9 Å². The Morgan fingerprint density at radius 1 is 0.907 bits per heavy atom. The van der Waals surface area contributed by atoms with E-state index in [-0.39, 0.29) is 11.8 Å². The molecule has 5 rings (SSSR count). The summed E-state index contributed by atoms with van der Waals surface area (Å²) in [6.45, 7) is 11.4. The number of carbonyl (C=O) groups is 1. The molecule has 0 spiro atoms. The molecule has 4 aromatic rings. The third kappa shape index (κ3) is 7.98. The van der Waals surface area contributed by atoms with Gasteiger partial charge in [0.25, 0.3) is 0 Å². The molecule has 7 nitrogen and oxygen atoms in total. The van der Waals surface area contributed by atoms with Gasteiger partial charge < -0.3 is 23.8 Å². The molecule has 1 aromatic heterocycles. The minimum atomic E-state index is 0.135. The van der Waals surface area contributed by atoms with Crippen molar-refractivity contribution in [2.24, 2.45) is 0 Å². The van der Waals surface area contributed by atoms with E-state index in [1.165, 1.54) is 0 Å². The average Bonchev–Trinajstić information content (AvgIpc) is 3.48. The van der Waals surface area contributed by atoms with Gasteiger partial charge in [-0.25, -0.2) is 4.98 Å². The highest BCUT2D eigenvalue weighted by molar-refractivity contribution is 6.30. The van der Waals surface area contributed by atoms with Gasteiger partial charge >= 0.3 is 0 Å². The van der Waals surface area contributed by atoms with Gasteiger partial charge in [0.15, 0.2) is 0 Å². The van der Waals surface area contributed by atoms with Crippen molar-refractivity contribution in [2.75, 3.05) is 39.3 Å². The Hall–Kier alpha value is -3.81. The standard InChI is InChI=1S/C35H41ClN4O3/c1-4-38(5-2)21-6-24-42-31-17-11-30(12-18-31)40-25-34(37-35(40)28-19-22-39(23-20-28)26(3)41)27-7-13-32(14-8-27)43-33-15-9-29(36)10-16-33/h7-18,25,28H,4-6,19-24H2,1-3H3. The first-order valence-electron chi connectivity index (χ1n) is 15.3. The van der Waals surface area contributed by atoms with Crippen molar-refractivity contribution in [2.45, 2.75) is 46.0 Å². The lowest BCUT2D eigenvalue weighted by molar-refractivity contribution is -0.129. The zero-order valence-electron chi connectivity index (χ0n) is 25.3. The van der Waals surface area contributed by atoms with Crippen molar-refractivity contribution in [3.63, 3.8) is 0 Å². The molecule has 1 amide bonds. The van der Waals surface area contributed by atoms with Gasteiger partial charge in [-0.3, -0.25) is 4.79 Å². The predicted molar refractivity (Wildman–Crippen MR) is 173 cm³/mol. The van der Waals surface area contributed by atoms with Crippen LogP contribution in [0.2, 0.25) is 5.02 Å². The summed E-state index contributed by atoms with van der Waals surface area (Å²) >= 11 is 6.00. The van der Waals surface area contributed by atoms with Crippen molar-refractivity contribution >= 4 is 17.5 Å². The quantitative estimate of drug-likeness (QED) is 0.155. The fourth-order valence-corrected chi connectivity index (χ4v) is 5.66. The predicted octanol–water partition coefficient (Wildman–Crippen LogP) is 7.82. The maximum absolute atomic E-state index is 11.9. The fourth-order valence-electron chi connectivity index (χ4n) is 5.53. The zero-order chi connectivity index (χ0) is 30.2. The summed E-state index contributed by atoms with van der Waals surface area (Å²) in [5, 5.41) is 0.675. The summed E-state index contributed by atoms with van der Waals surface area (Å²) in [5.41, 5.74) is 2.96. The third-order valence-electron chi connectivity index (χ3n) is 8.13. The number of imidazole rings is 1. The summed E-state index contributed by atoms with van der Waals surface area (Å²) in [4.78, 5) is 21.4. The normalized spacial score (nSPS) is 13.8. The molecule has 43 heavy (non-hydrogen) atoms. The van der Waals surface area contributed by atoms with E-state index in [4.69, 9.17) is 26.1 Å². The average molecular weight is 601 g/mol. The molecule has 3 aromatic carbocycles. The Morgan fingerprint density at radius 2 is 1.51 bits per heavy atom. The van der Waals surface area contributed by atoms with Gasteiger partial charge in [-0.05, 0) is 105 Å². The van der Waals surface area contributed by atoms with Crippen LogP contribution >= 0.6 is 11.6 Å². The summed E-state index contributed by atoms with van der Waals surface area (Å²) in [7, 11) is 0. The van der Waals surface area contributed by atoms with Gasteiger partial charge in [-0.2, -0.15) is 0 Å². The molecule has 1 fully saturated rings. The number of hydrogen-bond donors (Lipinski definition) is 0. The summed E-state index contributed by atoms with van der Waals surface area (Å²) in [5.74, 6) is 3.76. The summed E-state index contributed by atoms with van der Waals surface area (Å²) < 4.78 is 14.2. The van der Waals surface area contributed by atoms with E-state index in [1.807, 2.05) is 65.6 Å². The molecule has 1 aliphatic rings. The number of benzene rings is 3. The van der Waals surface area contributed by atoms with Crippen LogP contribution in [-0.4, -0.2) is 64.6 Å². The number of piperidine rings is 1.